The molecule has 0 radical (unpaired) electrons. The monoisotopic (exact) mass is 228 g/mol. The van der Waals surface area contributed by atoms with E-state index in [0.717, 1.165) is 36.3 Å². The summed E-state index contributed by atoms with van der Waals surface area (Å²) in [6.45, 7) is 0.728. The van der Waals surface area contributed by atoms with Crippen molar-refractivity contribution in [1.29, 1.82) is 0 Å². The van der Waals surface area contributed by atoms with Gasteiger partial charge in [0, 0.05) is 24.4 Å². The van der Waals surface area contributed by atoms with Crippen LogP contribution in [0, 0.1) is 5.92 Å². The molecule has 1 fully saturated rings. The molecule has 1 aromatic carbocycles. The Morgan fingerprint density at radius 1 is 1.35 bits per heavy atom. The number of anilines is 1. The first-order chi connectivity index (χ1) is 8.25. The van der Waals surface area contributed by atoms with Gasteiger partial charge in [-0.25, -0.2) is 0 Å². The Kier molecular flexibility index (Phi) is 2.39. The molecular formula is C14H16N2O. The Bertz CT molecular complexity index is 489. The van der Waals surface area contributed by atoms with E-state index in [4.69, 9.17) is 0 Å². The Hall–Kier alpha value is -1.77. The van der Waals surface area contributed by atoms with Crippen LogP contribution >= 0.6 is 0 Å². The van der Waals surface area contributed by atoms with E-state index < -0.39 is 0 Å². The summed E-state index contributed by atoms with van der Waals surface area (Å²) in [6.07, 6.45) is 4.22. The Balaban J connectivity index is 1.85. The van der Waals surface area contributed by atoms with E-state index in [9.17, 15) is 4.79 Å². The third kappa shape index (κ3) is 1.93. The van der Waals surface area contributed by atoms with E-state index in [0.29, 0.717) is 0 Å². The third-order valence-electron chi connectivity index (χ3n) is 3.43. The molecule has 1 aliphatic carbocycles. The second kappa shape index (κ2) is 3.91. The molecule has 0 bridgehead atoms. The van der Waals surface area contributed by atoms with E-state index in [2.05, 4.69) is 23.5 Å². The van der Waals surface area contributed by atoms with Crippen LogP contribution in [-0.2, 0) is 4.79 Å². The normalized spacial score (nSPS) is 17.8. The molecule has 1 amide bonds. The minimum Gasteiger partial charge on any atom is -0.379 e. The lowest BCUT2D eigenvalue weighted by Gasteiger charge is -2.25. The van der Waals surface area contributed by atoms with Crippen molar-refractivity contribution in [2.75, 3.05) is 18.9 Å². The summed E-state index contributed by atoms with van der Waals surface area (Å²) in [5.74, 6) is 0.538. The van der Waals surface area contributed by atoms with E-state index in [1.807, 2.05) is 19.2 Å². The average molecular weight is 228 g/mol. The van der Waals surface area contributed by atoms with Gasteiger partial charge in [0.2, 0.25) is 5.91 Å². The minimum absolute atomic E-state index is 0.262. The number of nitrogens with zero attached hydrogens (tertiary/aromatic N) is 1. The molecule has 1 heterocycles. The van der Waals surface area contributed by atoms with Gasteiger partial charge in [-0.05, 0) is 30.5 Å². The zero-order valence-corrected chi connectivity index (χ0v) is 9.94. The predicted octanol–water partition coefficient (Wildman–Crippen LogP) is 2.32. The van der Waals surface area contributed by atoms with Crippen molar-refractivity contribution in [3.05, 3.63) is 35.5 Å². The SMILES string of the molecule is CN(C(=O)C1CC1)C1=Cc2ccccc2NC1. The van der Waals surface area contributed by atoms with Gasteiger partial charge in [0.05, 0.1) is 6.54 Å². The van der Waals surface area contributed by atoms with Crippen LogP contribution in [0.15, 0.2) is 30.0 Å². The first-order valence-electron chi connectivity index (χ1n) is 6.07. The molecule has 3 nitrogen and oxygen atoms in total. The molecule has 3 rings (SSSR count). The van der Waals surface area contributed by atoms with Crippen molar-refractivity contribution in [3.8, 4) is 0 Å². The fourth-order valence-corrected chi connectivity index (χ4v) is 2.16. The first-order valence-corrected chi connectivity index (χ1v) is 6.07. The van der Waals surface area contributed by atoms with Gasteiger partial charge in [0.15, 0.2) is 0 Å². The van der Waals surface area contributed by atoms with Crippen LogP contribution in [0.3, 0.4) is 0 Å². The number of benzene rings is 1. The number of hydrogen-bond acceptors (Lipinski definition) is 2. The number of amides is 1. The van der Waals surface area contributed by atoms with Gasteiger partial charge in [0.1, 0.15) is 0 Å². The molecule has 3 heteroatoms. The number of nitrogens with one attached hydrogen (secondary N) is 1. The topological polar surface area (TPSA) is 32.3 Å². The van der Waals surface area contributed by atoms with Gasteiger partial charge in [0.25, 0.3) is 0 Å². The van der Waals surface area contributed by atoms with Gasteiger partial charge >= 0.3 is 0 Å². The maximum atomic E-state index is 12.0. The number of likely N-dealkylation sites (N-methyl/N-ethyl adjacent to an activating group) is 1. The first kappa shape index (κ1) is 10.4. The summed E-state index contributed by atoms with van der Waals surface area (Å²) in [7, 11) is 1.88. The molecule has 88 valence electrons. The Morgan fingerprint density at radius 2 is 2.12 bits per heavy atom. The van der Waals surface area contributed by atoms with Crippen molar-refractivity contribution in [1.82, 2.24) is 4.90 Å². The second-order valence-corrected chi connectivity index (χ2v) is 4.75. The van der Waals surface area contributed by atoms with Crippen molar-refractivity contribution in [2.45, 2.75) is 12.8 Å². The fraction of sp³-hybridized carbons (Fsp3) is 0.357. The highest BCUT2D eigenvalue weighted by atomic mass is 16.2. The lowest BCUT2D eigenvalue weighted by molar-refractivity contribution is -0.129. The van der Waals surface area contributed by atoms with Crippen LogP contribution in [-0.4, -0.2) is 24.4 Å². The molecule has 0 unspecified atom stereocenters. The van der Waals surface area contributed by atoms with E-state index >= 15 is 0 Å². The quantitative estimate of drug-likeness (QED) is 0.842. The van der Waals surface area contributed by atoms with Crippen molar-refractivity contribution < 1.29 is 4.79 Å². The number of para-hydroxylation sites is 1. The molecule has 1 saturated carbocycles. The summed E-state index contributed by atoms with van der Waals surface area (Å²) >= 11 is 0. The highest BCUT2D eigenvalue weighted by Crippen LogP contribution is 2.32. The van der Waals surface area contributed by atoms with Crippen LogP contribution in [0.4, 0.5) is 5.69 Å². The zero-order valence-electron chi connectivity index (χ0n) is 9.94. The minimum atomic E-state index is 0.262. The highest BCUT2D eigenvalue weighted by molar-refractivity contribution is 5.84. The van der Waals surface area contributed by atoms with Gasteiger partial charge in [-0.2, -0.15) is 0 Å². The molecule has 2 aliphatic rings. The van der Waals surface area contributed by atoms with E-state index in [1.165, 1.54) is 0 Å². The number of hydrogen-bond donors (Lipinski definition) is 1. The summed E-state index contributed by atoms with van der Waals surface area (Å²) in [5.41, 5.74) is 3.35. The largest absolute Gasteiger partial charge is 0.379 e. The molecule has 1 aliphatic heterocycles. The smallest absolute Gasteiger partial charge is 0.229 e. The number of rotatable bonds is 2. The van der Waals surface area contributed by atoms with Gasteiger partial charge < -0.3 is 10.2 Å². The van der Waals surface area contributed by atoms with Crippen molar-refractivity contribution >= 4 is 17.7 Å². The molecular weight excluding hydrogens is 212 g/mol. The number of fused-ring (bicyclic) bond motifs is 1. The summed E-state index contributed by atoms with van der Waals surface area (Å²) in [4.78, 5) is 13.8. The molecule has 1 aromatic rings. The predicted molar refractivity (Wildman–Crippen MR) is 68.4 cm³/mol. The molecule has 0 aromatic heterocycles. The zero-order chi connectivity index (χ0) is 11.8. The third-order valence-corrected chi connectivity index (χ3v) is 3.43. The van der Waals surface area contributed by atoms with Crippen LogP contribution in [0.25, 0.3) is 6.08 Å². The van der Waals surface area contributed by atoms with Gasteiger partial charge in [-0.1, -0.05) is 18.2 Å². The van der Waals surface area contributed by atoms with Crippen LogP contribution < -0.4 is 5.32 Å². The maximum Gasteiger partial charge on any atom is 0.229 e. The van der Waals surface area contributed by atoms with Crippen molar-refractivity contribution in [2.24, 2.45) is 5.92 Å². The maximum absolute atomic E-state index is 12.0. The van der Waals surface area contributed by atoms with E-state index in [-0.39, 0.29) is 11.8 Å². The van der Waals surface area contributed by atoms with Crippen LogP contribution in [0.1, 0.15) is 18.4 Å². The van der Waals surface area contributed by atoms with Crippen LogP contribution in [0.2, 0.25) is 0 Å². The lowest BCUT2D eigenvalue weighted by Crippen LogP contribution is -2.31. The summed E-state index contributed by atoms with van der Waals surface area (Å²) in [5, 5.41) is 3.35. The number of carbonyl (C=O) groups excluding carboxylic acids is 1. The average Bonchev–Trinajstić information content (AvgIpc) is 3.21. The molecule has 17 heavy (non-hydrogen) atoms. The summed E-state index contributed by atoms with van der Waals surface area (Å²) < 4.78 is 0. The van der Waals surface area contributed by atoms with Gasteiger partial charge in [-0.15, -0.1) is 0 Å². The number of carbonyl (C=O) groups is 1. The fourth-order valence-electron chi connectivity index (χ4n) is 2.16. The Labute approximate surface area is 101 Å². The van der Waals surface area contributed by atoms with E-state index in [1.54, 1.807) is 4.90 Å². The van der Waals surface area contributed by atoms with Crippen LogP contribution in [0.5, 0.6) is 0 Å². The van der Waals surface area contributed by atoms with Crippen molar-refractivity contribution in [3.63, 3.8) is 0 Å². The highest BCUT2D eigenvalue weighted by Gasteiger charge is 2.33. The molecule has 0 spiro atoms. The standard InChI is InChI=1S/C14H16N2O/c1-16(14(17)10-6-7-10)12-8-11-4-2-3-5-13(11)15-9-12/h2-5,8,10,15H,6-7,9H2,1H3. The second-order valence-electron chi connectivity index (χ2n) is 4.75. The lowest BCUT2D eigenvalue weighted by atomic mass is 10.1. The molecule has 0 atom stereocenters. The molecule has 0 saturated heterocycles. The summed E-state index contributed by atoms with van der Waals surface area (Å²) in [6, 6.07) is 8.16. The Morgan fingerprint density at radius 3 is 2.88 bits per heavy atom. The van der Waals surface area contributed by atoms with Gasteiger partial charge in [-0.3, -0.25) is 4.79 Å². The molecule has 1 N–H and O–H groups in total.